The van der Waals surface area contributed by atoms with Crippen LogP contribution in [-0.4, -0.2) is 28.4 Å². The Balaban J connectivity index is 2.06. The van der Waals surface area contributed by atoms with Gasteiger partial charge in [-0.3, -0.25) is 4.79 Å². The number of phenolic OH excluding ortho intramolecular Hbond substituents is 1. The molecule has 2 aromatic rings. The maximum Gasteiger partial charge on any atom is 0.342 e. The number of benzene rings is 1. The second-order valence-corrected chi connectivity index (χ2v) is 5.01. The minimum Gasteiger partial charge on any atom is -0.507 e. The van der Waals surface area contributed by atoms with E-state index in [9.17, 15) is 14.7 Å². The summed E-state index contributed by atoms with van der Waals surface area (Å²) in [7, 11) is 0. The molecule has 2 N–H and O–H groups in total. The molecule has 0 aliphatic heterocycles. The normalized spacial score (nSPS) is 10.4. The molecule has 0 radical (unpaired) electrons. The summed E-state index contributed by atoms with van der Waals surface area (Å²) in [6, 6.07) is 6.35. The van der Waals surface area contributed by atoms with Gasteiger partial charge in [0, 0.05) is 17.0 Å². The van der Waals surface area contributed by atoms with Gasteiger partial charge < -0.3 is 14.8 Å². The van der Waals surface area contributed by atoms with Crippen LogP contribution in [-0.2, 0) is 4.74 Å². The first-order valence-corrected chi connectivity index (χ1v) is 6.54. The quantitative estimate of drug-likeness (QED) is 0.669. The molecule has 1 aromatic carbocycles. The van der Waals surface area contributed by atoms with Crippen molar-refractivity contribution in [2.75, 3.05) is 6.61 Å². The molecule has 0 aliphatic rings. The minimum absolute atomic E-state index is 0.0600. The molecule has 110 valence electrons. The van der Waals surface area contributed by atoms with Crippen molar-refractivity contribution in [1.82, 2.24) is 4.98 Å². The van der Waals surface area contributed by atoms with Crippen LogP contribution in [0.5, 0.6) is 5.75 Å². The highest BCUT2D eigenvalue weighted by atomic mass is 16.5. The lowest BCUT2D eigenvalue weighted by molar-refractivity contribution is 0.0471. The van der Waals surface area contributed by atoms with Crippen molar-refractivity contribution in [1.29, 1.82) is 0 Å². The fourth-order valence-corrected chi connectivity index (χ4v) is 2.11. The summed E-state index contributed by atoms with van der Waals surface area (Å²) in [5, 5.41) is 9.64. The largest absolute Gasteiger partial charge is 0.507 e. The summed E-state index contributed by atoms with van der Waals surface area (Å²) in [4.78, 5) is 26.9. The highest BCUT2D eigenvalue weighted by molar-refractivity contribution is 6.00. The number of ketones is 1. The molecular weight excluding hydrogens is 270 g/mol. The number of hydrogen-bond donors (Lipinski definition) is 2. The number of hydrogen-bond acceptors (Lipinski definition) is 4. The van der Waals surface area contributed by atoms with E-state index in [2.05, 4.69) is 4.98 Å². The van der Waals surface area contributed by atoms with Crippen LogP contribution in [0.2, 0.25) is 0 Å². The Hall–Kier alpha value is -2.56. The highest BCUT2D eigenvalue weighted by Gasteiger charge is 2.17. The van der Waals surface area contributed by atoms with Gasteiger partial charge in [0.1, 0.15) is 11.3 Å². The number of aromatic amines is 1. The van der Waals surface area contributed by atoms with Gasteiger partial charge in [-0.05, 0) is 39.0 Å². The number of ether oxygens (including phenoxy) is 1. The van der Waals surface area contributed by atoms with E-state index in [-0.39, 0.29) is 23.7 Å². The van der Waals surface area contributed by atoms with Gasteiger partial charge in [0.25, 0.3) is 0 Å². The molecule has 0 atom stereocenters. The van der Waals surface area contributed by atoms with E-state index in [1.54, 1.807) is 26.0 Å². The molecule has 0 saturated carbocycles. The van der Waals surface area contributed by atoms with Gasteiger partial charge in [0.2, 0.25) is 5.78 Å². The summed E-state index contributed by atoms with van der Waals surface area (Å²) in [6.07, 6.45) is 0. The highest BCUT2D eigenvalue weighted by Crippen LogP contribution is 2.19. The van der Waals surface area contributed by atoms with Crippen molar-refractivity contribution >= 4 is 11.8 Å². The molecule has 21 heavy (non-hydrogen) atoms. The van der Waals surface area contributed by atoms with Gasteiger partial charge in [0.05, 0.1) is 0 Å². The number of Topliss-reactive ketones (excluding diaryl/α,β-unsaturated/α-hetero) is 1. The monoisotopic (exact) mass is 287 g/mol. The Morgan fingerprint density at radius 2 is 1.86 bits per heavy atom. The Morgan fingerprint density at radius 3 is 2.48 bits per heavy atom. The van der Waals surface area contributed by atoms with Crippen molar-refractivity contribution in [3.05, 3.63) is 52.3 Å². The summed E-state index contributed by atoms with van der Waals surface area (Å²) in [5.74, 6) is -1.15. The molecule has 0 unspecified atom stereocenters. The number of H-pyrrole nitrogens is 1. The van der Waals surface area contributed by atoms with E-state index >= 15 is 0 Å². The average molecular weight is 287 g/mol. The zero-order chi connectivity index (χ0) is 15.6. The predicted octanol–water partition coefficient (Wildman–Crippen LogP) is 2.69. The SMILES string of the molecule is Cc1ccc(O)c(C(=O)OCC(=O)c2cc(C)[nH]c2C)c1. The Kier molecular flexibility index (Phi) is 4.12. The molecule has 0 spiro atoms. The van der Waals surface area contributed by atoms with Crippen LogP contribution in [0.25, 0.3) is 0 Å². The number of phenols is 1. The second kappa shape index (κ2) is 5.83. The third-order valence-corrected chi connectivity index (χ3v) is 3.16. The second-order valence-electron chi connectivity index (χ2n) is 5.01. The van der Waals surface area contributed by atoms with Crippen LogP contribution in [0, 0.1) is 20.8 Å². The molecule has 0 aliphatic carbocycles. The zero-order valence-electron chi connectivity index (χ0n) is 12.2. The van der Waals surface area contributed by atoms with Gasteiger partial charge in [-0.15, -0.1) is 0 Å². The number of nitrogens with one attached hydrogen (secondary N) is 1. The summed E-state index contributed by atoms with van der Waals surface area (Å²) in [5.41, 5.74) is 3.01. The van der Waals surface area contributed by atoms with Gasteiger partial charge in [0.15, 0.2) is 6.61 Å². The van der Waals surface area contributed by atoms with E-state index in [0.717, 1.165) is 17.0 Å². The Morgan fingerprint density at radius 1 is 1.14 bits per heavy atom. The molecule has 0 amide bonds. The molecular formula is C16H17NO4. The number of esters is 1. The van der Waals surface area contributed by atoms with Gasteiger partial charge in [-0.2, -0.15) is 0 Å². The van der Waals surface area contributed by atoms with Crippen molar-refractivity contribution in [3.8, 4) is 5.75 Å². The van der Waals surface area contributed by atoms with Crippen LogP contribution in [0.3, 0.4) is 0 Å². The first-order chi connectivity index (χ1) is 9.88. The van der Waals surface area contributed by atoms with Crippen LogP contribution in [0.4, 0.5) is 0 Å². The number of carbonyl (C=O) groups excluding carboxylic acids is 2. The molecule has 0 fully saturated rings. The molecule has 1 aromatic heterocycles. The Labute approximate surface area is 122 Å². The van der Waals surface area contributed by atoms with Crippen LogP contribution in [0.15, 0.2) is 24.3 Å². The lowest BCUT2D eigenvalue weighted by atomic mass is 10.1. The van der Waals surface area contributed by atoms with Crippen LogP contribution >= 0.6 is 0 Å². The standard InChI is InChI=1S/C16H17NO4/c1-9-4-5-14(18)13(6-9)16(20)21-8-15(19)12-7-10(2)17-11(12)3/h4-7,17-18H,8H2,1-3H3. The van der Waals surface area contributed by atoms with E-state index in [4.69, 9.17) is 4.74 Å². The number of carbonyl (C=O) groups is 2. The van der Waals surface area contributed by atoms with Crippen molar-refractivity contribution in [2.45, 2.75) is 20.8 Å². The maximum atomic E-state index is 12.0. The molecule has 0 bridgehead atoms. The van der Waals surface area contributed by atoms with Crippen molar-refractivity contribution < 1.29 is 19.4 Å². The number of aryl methyl sites for hydroxylation is 3. The predicted molar refractivity (Wildman–Crippen MR) is 77.7 cm³/mol. The third kappa shape index (κ3) is 3.31. The van der Waals surface area contributed by atoms with Gasteiger partial charge in [-0.1, -0.05) is 11.6 Å². The summed E-state index contributed by atoms with van der Waals surface area (Å²) in [6.45, 7) is 5.08. The fraction of sp³-hybridized carbons (Fsp3) is 0.250. The molecule has 1 heterocycles. The molecule has 5 heteroatoms. The molecule has 0 saturated heterocycles. The average Bonchev–Trinajstić information content (AvgIpc) is 2.77. The van der Waals surface area contributed by atoms with Crippen LogP contribution in [0.1, 0.15) is 37.7 Å². The van der Waals surface area contributed by atoms with Crippen molar-refractivity contribution in [2.24, 2.45) is 0 Å². The number of aromatic hydroxyl groups is 1. The fourth-order valence-electron chi connectivity index (χ4n) is 2.11. The molecule has 5 nitrogen and oxygen atoms in total. The number of rotatable bonds is 4. The number of aromatic nitrogens is 1. The van der Waals surface area contributed by atoms with Crippen molar-refractivity contribution in [3.63, 3.8) is 0 Å². The van der Waals surface area contributed by atoms with E-state index in [1.807, 2.05) is 6.92 Å². The van der Waals surface area contributed by atoms with E-state index < -0.39 is 5.97 Å². The lowest BCUT2D eigenvalue weighted by Gasteiger charge is -2.06. The minimum atomic E-state index is -0.713. The first kappa shape index (κ1) is 14.8. The third-order valence-electron chi connectivity index (χ3n) is 3.16. The summed E-state index contributed by atoms with van der Waals surface area (Å²) < 4.78 is 4.98. The first-order valence-electron chi connectivity index (χ1n) is 6.54. The van der Waals surface area contributed by atoms with Crippen LogP contribution < -0.4 is 0 Å². The molecule has 2 rings (SSSR count). The van der Waals surface area contributed by atoms with Gasteiger partial charge >= 0.3 is 5.97 Å². The maximum absolute atomic E-state index is 12.0. The van der Waals surface area contributed by atoms with E-state index in [0.29, 0.717) is 5.56 Å². The zero-order valence-corrected chi connectivity index (χ0v) is 12.2. The Bertz CT molecular complexity index is 700. The topological polar surface area (TPSA) is 79.4 Å². The van der Waals surface area contributed by atoms with Gasteiger partial charge in [-0.25, -0.2) is 4.79 Å². The lowest BCUT2D eigenvalue weighted by Crippen LogP contribution is -2.14. The van der Waals surface area contributed by atoms with E-state index in [1.165, 1.54) is 12.1 Å². The summed E-state index contributed by atoms with van der Waals surface area (Å²) >= 11 is 0. The smallest absolute Gasteiger partial charge is 0.342 e.